The van der Waals surface area contributed by atoms with E-state index in [1.54, 1.807) is 0 Å². The summed E-state index contributed by atoms with van der Waals surface area (Å²) in [6.07, 6.45) is 0. The highest BCUT2D eigenvalue weighted by molar-refractivity contribution is 7.87. The summed E-state index contributed by atoms with van der Waals surface area (Å²) in [4.78, 5) is 0. The van der Waals surface area contributed by atoms with Gasteiger partial charge in [0.15, 0.2) is 0 Å². The molecular weight excluding hydrogens is 226 g/mol. The van der Waals surface area contributed by atoms with Gasteiger partial charge in [0.2, 0.25) is 5.13 Å². The maximum atomic E-state index is 10.4. The minimum Gasteiger partial charge on any atom is -0.269 e. The van der Waals surface area contributed by atoms with Gasteiger partial charge in [-0.3, -0.25) is 4.55 Å². The summed E-state index contributed by atoms with van der Waals surface area (Å²) in [5, 5.41) is 8.15. The first-order valence-corrected chi connectivity index (χ1v) is 6.03. The summed E-state index contributed by atoms with van der Waals surface area (Å²) in [5.74, 6) is 0. The molecule has 8 heteroatoms. The van der Waals surface area contributed by atoms with Crippen LogP contribution in [0, 0.1) is 0 Å². The lowest BCUT2D eigenvalue weighted by Gasteiger charge is -2.12. The topological polar surface area (TPSA) is 92.2 Å². The average Bonchev–Trinajstić information content (AvgIpc) is 2.29. The predicted molar refractivity (Wildman–Crippen MR) is 53.8 cm³/mol. The summed E-state index contributed by atoms with van der Waals surface area (Å²) < 4.78 is 31.2. The third-order valence-electron chi connectivity index (χ3n) is 1.28. The summed E-state index contributed by atoms with van der Waals surface area (Å²) in [7, 11) is -4.25. The number of nitrogens with one attached hydrogen (secondary N) is 1. The minimum absolute atomic E-state index is 0.0671. The molecule has 1 aromatic rings. The Kier molecular flexibility index (Phi) is 2.79. The monoisotopic (exact) mass is 237 g/mol. The fourth-order valence-electron chi connectivity index (χ4n) is 0.678. The lowest BCUT2D eigenvalue weighted by molar-refractivity contribution is 0.489. The molecule has 0 spiro atoms. The molecule has 0 fully saturated rings. The molecule has 0 aliphatic heterocycles. The third kappa shape index (κ3) is 3.20. The van der Waals surface area contributed by atoms with Gasteiger partial charge in [-0.05, 0) is 0 Å². The number of aromatic nitrogens is 2. The largest absolute Gasteiger partial charge is 0.359 e. The molecule has 1 heterocycles. The van der Waals surface area contributed by atoms with Crippen molar-refractivity contribution in [2.24, 2.45) is 0 Å². The van der Waals surface area contributed by atoms with Gasteiger partial charge in [-0.15, -0.1) is 10.2 Å². The lowest BCUT2D eigenvalue weighted by Crippen LogP contribution is -2.10. The van der Waals surface area contributed by atoms with E-state index in [2.05, 4.69) is 10.2 Å². The normalized spacial score (nSPS) is 12.9. The third-order valence-corrected chi connectivity index (χ3v) is 3.13. The zero-order valence-electron chi connectivity index (χ0n) is 7.97. The van der Waals surface area contributed by atoms with Crippen LogP contribution >= 0.6 is 11.3 Å². The fraction of sp³-hybridized carbons (Fsp3) is 0.667. The number of hydrogen-bond donors (Lipinski definition) is 2. The van der Waals surface area contributed by atoms with Crippen molar-refractivity contribution in [1.82, 2.24) is 10.2 Å². The second-order valence-corrected chi connectivity index (χ2v) is 5.87. The van der Waals surface area contributed by atoms with Crippen molar-refractivity contribution < 1.29 is 13.0 Å². The first-order valence-electron chi connectivity index (χ1n) is 3.78. The van der Waals surface area contributed by atoms with Crippen LogP contribution < -0.4 is 4.72 Å². The maximum Gasteiger partial charge on any atom is 0.359 e. The molecule has 1 aromatic heterocycles. The Hall–Kier alpha value is -0.730. The minimum atomic E-state index is -4.25. The molecule has 0 aliphatic rings. The van der Waals surface area contributed by atoms with Crippen LogP contribution in [0.1, 0.15) is 25.8 Å². The Morgan fingerprint density at radius 2 is 1.93 bits per heavy atom. The van der Waals surface area contributed by atoms with Gasteiger partial charge in [0.25, 0.3) is 0 Å². The van der Waals surface area contributed by atoms with Crippen molar-refractivity contribution in [3.05, 3.63) is 5.01 Å². The van der Waals surface area contributed by atoms with Gasteiger partial charge in [0, 0.05) is 5.41 Å². The zero-order valence-corrected chi connectivity index (χ0v) is 9.61. The molecular formula is C6H11N3O3S2. The molecule has 0 atom stereocenters. The number of anilines is 1. The molecule has 0 saturated heterocycles. The Bertz CT molecular complexity index is 418. The summed E-state index contributed by atoms with van der Waals surface area (Å²) in [5.41, 5.74) is -0.184. The molecule has 1 rings (SSSR count). The molecule has 0 aromatic carbocycles. The van der Waals surface area contributed by atoms with E-state index < -0.39 is 10.3 Å². The number of hydrogen-bond acceptors (Lipinski definition) is 5. The second kappa shape index (κ2) is 3.44. The van der Waals surface area contributed by atoms with E-state index in [1.807, 2.05) is 25.5 Å². The summed E-state index contributed by atoms with van der Waals surface area (Å²) >= 11 is 1.09. The number of rotatable bonds is 2. The average molecular weight is 237 g/mol. The van der Waals surface area contributed by atoms with Crippen molar-refractivity contribution in [3.8, 4) is 0 Å². The van der Waals surface area contributed by atoms with E-state index in [4.69, 9.17) is 4.55 Å². The first-order chi connectivity index (χ1) is 6.18. The van der Waals surface area contributed by atoms with Crippen LogP contribution in [0.5, 0.6) is 0 Å². The van der Waals surface area contributed by atoms with E-state index in [1.165, 1.54) is 0 Å². The van der Waals surface area contributed by atoms with Gasteiger partial charge >= 0.3 is 10.3 Å². The molecule has 0 saturated carbocycles. The molecule has 0 unspecified atom stereocenters. The fourth-order valence-corrected chi connectivity index (χ4v) is 2.07. The molecule has 0 aliphatic carbocycles. The van der Waals surface area contributed by atoms with E-state index >= 15 is 0 Å². The van der Waals surface area contributed by atoms with Gasteiger partial charge in [-0.1, -0.05) is 32.1 Å². The van der Waals surface area contributed by atoms with Gasteiger partial charge in [-0.2, -0.15) is 8.42 Å². The van der Waals surface area contributed by atoms with Crippen molar-refractivity contribution in [2.45, 2.75) is 26.2 Å². The van der Waals surface area contributed by atoms with E-state index in [0.717, 1.165) is 11.3 Å². The molecule has 0 radical (unpaired) electrons. The first kappa shape index (κ1) is 11.3. The van der Waals surface area contributed by atoms with E-state index in [9.17, 15) is 8.42 Å². The Balaban J connectivity index is 2.90. The van der Waals surface area contributed by atoms with Crippen LogP contribution in [0.15, 0.2) is 0 Å². The number of nitrogens with zero attached hydrogens (tertiary/aromatic N) is 2. The second-order valence-electron chi connectivity index (χ2n) is 3.74. The summed E-state index contributed by atoms with van der Waals surface area (Å²) in [6, 6.07) is 0. The van der Waals surface area contributed by atoms with Gasteiger partial charge in [0.1, 0.15) is 5.01 Å². The van der Waals surface area contributed by atoms with Crippen molar-refractivity contribution in [3.63, 3.8) is 0 Å². The highest BCUT2D eigenvalue weighted by atomic mass is 32.2. The highest BCUT2D eigenvalue weighted by Gasteiger charge is 2.20. The Morgan fingerprint density at radius 1 is 1.36 bits per heavy atom. The SMILES string of the molecule is CC(C)(C)c1nnc(NS(=O)(=O)O)s1. The predicted octanol–water partition coefficient (Wildman–Crippen LogP) is 1.05. The molecule has 14 heavy (non-hydrogen) atoms. The van der Waals surface area contributed by atoms with Gasteiger partial charge in [0.05, 0.1) is 0 Å². The summed E-state index contributed by atoms with van der Waals surface area (Å²) in [6.45, 7) is 5.81. The smallest absolute Gasteiger partial charge is 0.269 e. The molecule has 2 N–H and O–H groups in total. The molecule has 6 nitrogen and oxygen atoms in total. The molecule has 80 valence electrons. The van der Waals surface area contributed by atoms with E-state index in [-0.39, 0.29) is 10.5 Å². The highest BCUT2D eigenvalue weighted by Crippen LogP contribution is 2.27. The van der Waals surface area contributed by atoms with Crippen LogP contribution in [-0.4, -0.2) is 23.2 Å². The standard InChI is InChI=1S/C6H11N3O3S2/c1-6(2,3)4-7-8-5(13-4)9-14(10,11)12/h1-3H3,(H,8,9)(H,10,11,12). The lowest BCUT2D eigenvalue weighted by atomic mass is 9.98. The maximum absolute atomic E-state index is 10.4. The van der Waals surface area contributed by atoms with E-state index in [0.29, 0.717) is 5.01 Å². The Morgan fingerprint density at radius 3 is 2.29 bits per heavy atom. The zero-order chi connectivity index (χ0) is 11.0. The van der Waals surface area contributed by atoms with Crippen molar-refractivity contribution in [2.75, 3.05) is 4.72 Å². The molecule has 0 amide bonds. The van der Waals surface area contributed by atoms with Gasteiger partial charge in [-0.25, -0.2) is 4.72 Å². The van der Waals surface area contributed by atoms with Crippen LogP contribution in [0.3, 0.4) is 0 Å². The van der Waals surface area contributed by atoms with Crippen LogP contribution in [-0.2, 0) is 15.7 Å². The van der Waals surface area contributed by atoms with Crippen LogP contribution in [0.2, 0.25) is 0 Å². The molecule has 0 bridgehead atoms. The van der Waals surface area contributed by atoms with Gasteiger partial charge < -0.3 is 0 Å². The van der Waals surface area contributed by atoms with Crippen molar-refractivity contribution >= 4 is 26.8 Å². The quantitative estimate of drug-likeness (QED) is 0.750. The van der Waals surface area contributed by atoms with Crippen molar-refractivity contribution in [1.29, 1.82) is 0 Å². The van der Waals surface area contributed by atoms with Crippen LogP contribution in [0.25, 0.3) is 0 Å². The van der Waals surface area contributed by atoms with Crippen LogP contribution in [0.4, 0.5) is 5.13 Å². The Labute approximate surface area is 86.3 Å².